The molecule has 26 heteroatoms. The lowest BCUT2D eigenvalue weighted by molar-refractivity contribution is -0.141. The van der Waals surface area contributed by atoms with Crippen LogP contribution >= 0.6 is 25.3 Å². The fraction of sp³-hybridized carbons (Fsp3) is 0.512. The van der Waals surface area contributed by atoms with Crippen molar-refractivity contribution < 1.29 is 53.1 Å². The number of aliphatic carboxylic acids is 1. The SMILES string of the molecule is CC(C)[C@H](NC(=O)[C@H](CS)NC(=O)[C@@H](NC(=O)[C@H](CCC(N)=O)NC(=O)[C@@H](N)Cc1c[nH]c2ccccc12)C(C)C)C(=O)NCC(=O)N[C@@H](C)C(=O)N[C@@H](Cc1cnc[nH]1)C(=O)N[C@@H](CS)C(=O)O. The van der Waals surface area contributed by atoms with Crippen LogP contribution < -0.4 is 54.0 Å². The molecule has 24 nitrogen and oxygen atoms in total. The van der Waals surface area contributed by atoms with Gasteiger partial charge in [-0.3, -0.25) is 43.2 Å². The van der Waals surface area contributed by atoms with E-state index in [4.69, 9.17) is 11.5 Å². The molecule has 0 aliphatic heterocycles. The molecule has 15 N–H and O–H groups in total. The van der Waals surface area contributed by atoms with Crippen LogP contribution in [0.3, 0.4) is 0 Å². The summed E-state index contributed by atoms with van der Waals surface area (Å²) in [6.07, 6.45) is 4.01. The number of amides is 9. The molecule has 0 saturated heterocycles. The van der Waals surface area contributed by atoms with Gasteiger partial charge in [-0.25, -0.2) is 9.78 Å². The van der Waals surface area contributed by atoms with Crippen LogP contribution in [0, 0.1) is 11.8 Å². The number of thiol groups is 2. The quantitative estimate of drug-likeness (QED) is 0.0324. The number of carboxylic acids is 1. The summed E-state index contributed by atoms with van der Waals surface area (Å²) in [5.41, 5.74) is 13.7. The van der Waals surface area contributed by atoms with Crippen molar-refractivity contribution in [2.24, 2.45) is 23.3 Å². The van der Waals surface area contributed by atoms with Crippen LogP contribution in [0.15, 0.2) is 43.0 Å². The van der Waals surface area contributed by atoms with Crippen molar-refractivity contribution in [3.63, 3.8) is 0 Å². The Kier molecular flexibility index (Phi) is 22.5. The number of benzene rings is 1. The van der Waals surface area contributed by atoms with Crippen molar-refractivity contribution in [3.8, 4) is 0 Å². The van der Waals surface area contributed by atoms with Gasteiger partial charge in [-0.15, -0.1) is 0 Å². The van der Waals surface area contributed by atoms with Crippen LogP contribution in [0.5, 0.6) is 0 Å². The van der Waals surface area contributed by atoms with Crippen molar-refractivity contribution in [2.45, 2.75) is 109 Å². The Labute approximate surface area is 408 Å². The average Bonchev–Trinajstić information content (AvgIpc) is 3.97. The van der Waals surface area contributed by atoms with Gasteiger partial charge in [-0.05, 0) is 43.2 Å². The second kappa shape index (κ2) is 27.4. The van der Waals surface area contributed by atoms with Gasteiger partial charge in [-0.2, -0.15) is 25.3 Å². The maximum absolute atomic E-state index is 13.7. The van der Waals surface area contributed by atoms with Crippen LogP contribution in [0.2, 0.25) is 0 Å². The number of hydrogen-bond acceptors (Lipinski definition) is 14. The molecule has 3 aromatic rings. The first-order valence-electron chi connectivity index (χ1n) is 22.0. The van der Waals surface area contributed by atoms with Gasteiger partial charge in [0.25, 0.3) is 0 Å². The lowest BCUT2D eigenvalue weighted by Crippen LogP contribution is -2.61. The first kappa shape index (κ1) is 56.7. The molecule has 0 aliphatic carbocycles. The van der Waals surface area contributed by atoms with Gasteiger partial charge in [0.1, 0.15) is 42.3 Å². The molecule has 378 valence electrons. The summed E-state index contributed by atoms with van der Waals surface area (Å²) in [7, 11) is 0. The minimum atomic E-state index is -1.35. The molecular weight excluding hydrogens is 939 g/mol. The summed E-state index contributed by atoms with van der Waals surface area (Å²) in [5, 5.41) is 30.0. The number of primary amides is 1. The monoisotopic (exact) mass is 1000 g/mol. The van der Waals surface area contributed by atoms with E-state index in [1.807, 2.05) is 24.3 Å². The van der Waals surface area contributed by atoms with Crippen molar-refractivity contribution in [2.75, 3.05) is 18.1 Å². The van der Waals surface area contributed by atoms with Crippen molar-refractivity contribution in [3.05, 3.63) is 54.2 Å². The van der Waals surface area contributed by atoms with Gasteiger partial charge < -0.3 is 69.1 Å². The standard InChI is InChI=1S/C43H63N13O11S2/c1-20(2)34(41(64)48-16-33(58)50-22(5)36(59)52-29(13-24-15-46-19-49-24)39(62)54-31(18-69)43(66)67)55-40(63)30(17-68)53-42(65)35(21(3)4)56-38(61)28(10-11-32(45)57)51-37(60)26(44)12-23-14-47-27-9-7-6-8-25(23)27/h6-9,14-15,19-22,26,28-31,34-35,47,68-69H,10-13,16-18,44H2,1-5H3,(H2,45,57)(H,46,49)(H,48,64)(H,50,58)(H,51,60)(H,52,59)(H,53,65)(H,54,62)(H,55,63)(H,56,61)(H,66,67)/t22-,26-,28-,29-,30-,31-,34-,35-/m0/s1. The Hall–Kier alpha value is -6.67. The Morgan fingerprint density at radius 2 is 1.23 bits per heavy atom. The maximum atomic E-state index is 13.7. The molecule has 69 heavy (non-hydrogen) atoms. The summed E-state index contributed by atoms with van der Waals surface area (Å²) >= 11 is 8.16. The van der Waals surface area contributed by atoms with E-state index in [2.05, 4.69) is 82.7 Å². The third-order valence-electron chi connectivity index (χ3n) is 10.7. The lowest BCUT2D eigenvalue weighted by Gasteiger charge is -2.28. The summed E-state index contributed by atoms with van der Waals surface area (Å²) in [6.45, 7) is 7.15. The number of carboxylic acid groups (broad SMARTS) is 1. The topological polar surface area (TPSA) is 384 Å². The molecule has 8 atom stereocenters. The van der Waals surface area contributed by atoms with E-state index in [1.54, 1.807) is 33.9 Å². The fourth-order valence-electron chi connectivity index (χ4n) is 6.71. The Balaban J connectivity index is 1.60. The number of hydrogen-bond donors (Lipinski definition) is 15. The normalized spacial score (nSPS) is 14.7. The predicted molar refractivity (Wildman–Crippen MR) is 258 cm³/mol. The molecule has 0 radical (unpaired) electrons. The smallest absolute Gasteiger partial charge is 0.327 e. The van der Waals surface area contributed by atoms with E-state index in [0.29, 0.717) is 5.69 Å². The van der Waals surface area contributed by atoms with E-state index in [1.165, 1.54) is 19.4 Å². The molecule has 0 unspecified atom stereocenters. The van der Waals surface area contributed by atoms with E-state index >= 15 is 0 Å². The molecule has 0 spiro atoms. The first-order valence-corrected chi connectivity index (χ1v) is 23.2. The van der Waals surface area contributed by atoms with Gasteiger partial charge in [0.15, 0.2) is 0 Å². The number of aromatic nitrogens is 3. The summed E-state index contributed by atoms with van der Waals surface area (Å²) < 4.78 is 0. The van der Waals surface area contributed by atoms with Crippen LogP contribution in [-0.4, -0.2) is 146 Å². The molecular formula is C43H63N13O11S2. The molecule has 3 rings (SSSR count). The highest BCUT2D eigenvalue weighted by molar-refractivity contribution is 7.80. The summed E-state index contributed by atoms with van der Waals surface area (Å²) in [4.78, 5) is 139. The zero-order valence-corrected chi connectivity index (χ0v) is 40.6. The Morgan fingerprint density at radius 1 is 0.667 bits per heavy atom. The zero-order valence-electron chi connectivity index (χ0n) is 38.8. The third kappa shape index (κ3) is 17.7. The average molecular weight is 1000 g/mol. The number of nitrogens with zero attached hydrogens (tertiary/aromatic N) is 1. The van der Waals surface area contributed by atoms with Crippen LogP contribution in [0.25, 0.3) is 10.9 Å². The van der Waals surface area contributed by atoms with Gasteiger partial charge in [0.05, 0.1) is 18.9 Å². The number of fused-ring (bicyclic) bond motifs is 1. The second-order valence-corrected chi connectivity index (χ2v) is 17.6. The molecule has 2 heterocycles. The summed E-state index contributed by atoms with van der Waals surface area (Å²) in [5.74, 6) is -10.1. The molecule has 2 aromatic heterocycles. The number of carbonyl (C=O) groups is 10. The van der Waals surface area contributed by atoms with E-state index < -0.39 is 126 Å². The predicted octanol–water partition coefficient (Wildman–Crippen LogP) is -2.95. The van der Waals surface area contributed by atoms with E-state index in [-0.39, 0.29) is 37.2 Å². The number of nitrogens with two attached hydrogens (primary N) is 2. The molecule has 0 bridgehead atoms. The van der Waals surface area contributed by atoms with Gasteiger partial charge in [0, 0.05) is 53.3 Å². The largest absolute Gasteiger partial charge is 0.480 e. The number of H-pyrrole nitrogens is 2. The molecule has 0 aliphatic rings. The van der Waals surface area contributed by atoms with Crippen LogP contribution in [0.1, 0.15) is 58.7 Å². The van der Waals surface area contributed by atoms with Crippen LogP contribution in [0.4, 0.5) is 0 Å². The summed E-state index contributed by atoms with van der Waals surface area (Å²) in [6, 6.07) is -2.71. The highest BCUT2D eigenvalue weighted by Gasteiger charge is 2.34. The molecule has 0 fully saturated rings. The first-order chi connectivity index (χ1) is 32.6. The Morgan fingerprint density at radius 3 is 1.81 bits per heavy atom. The maximum Gasteiger partial charge on any atom is 0.327 e. The number of aromatic amines is 2. The number of rotatable bonds is 28. The minimum Gasteiger partial charge on any atom is -0.480 e. The lowest BCUT2D eigenvalue weighted by atomic mass is 10.0. The molecule has 0 saturated carbocycles. The van der Waals surface area contributed by atoms with E-state index in [0.717, 1.165) is 16.5 Å². The minimum absolute atomic E-state index is 0.104. The van der Waals surface area contributed by atoms with Gasteiger partial charge in [-0.1, -0.05) is 45.9 Å². The second-order valence-electron chi connectivity index (χ2n) is 16.9. The van der Waals surface area contributed by atoms with Crippen molar-refractivity contribution >= 4 is 95.3 Å². The number of nitrogens with one attached hydrogen (secondary N) is 10. The highest BCUT2D eigenvalue weighted by atomic mass is 32.1. The number of para-hydroxylation sites is 1. The zero-order chi connectivity index (χ0) is 51.5. The van der Waals surface area contributed by atoms with E-state index in [9.17, 15) is 53.1 Å². The number of carbonyl (C=O) groups excluding carboxylic acids is 9. The van der Waals surface area contributed by atoms with Crippen molar-refractivity contribution in [1.29, 1.82) is 0 Å². The van der Waals surface area contributed by atoms with Gasteiger partial charge in [0.2, 0.25) is 53.2 Å². The highest BCUT2D eigenvalue weighted by Crippen LogP contribution is 2.19. The number of imidazole rings is 1. The van der Waals surface area contributed by atoms with Crippen molar-refractivity contribution in [1.82, 2.24) is 57.5 Å². The molecule has 9 amide bonds. The fourth-order valence-corrected chi connectivity index (χ4v) is 7.22. The third-order valence-corrected chi connectivity index (χ3v) is 11.4. The molecule has 1 aromatic carbocycles. The Bertz CT molecular complexity index is 2290. The van der Waals surface area contributed by atoms with Gasteiger partial charge >= 0.3 is 5.97 Å². The van der Waals surface area contributed by atoms with Crippen LogP contribution in [-0.2, 0) is 60.8 Å².